The van der Waals surface area contributed by atoms with Crippen molar-refractivity contribution in [2.45, 2.75) is 47.0 Å². The molecule has 80 valence electrons. The summed E-state index contributed by atoms with van der Waals surface area (Å²) in [6, 6.07) is 0. The van der Waals surface area contributed by atoms with E-state index in [9.17, 15) is 0 Å². The maximum absolute atomic E-state index is 2.50. The van der Waals surface area contributed by atoms with E-state index in [1.54, 1.807) is 6.42 Å². The van der Waals surface area contributed by atoms with Crippen LogP contribution in [0.5, 0.6) is 0 Å². The maximum atomic E-state index is 2.50. The molecule has 3 aliphatic rings. The van der Waals surface area contributed by atoms with Crippen molar-refractivity contribution in [1.29, 1.82) is 0 Å². The smallest absolute Gasteiger partial charge is 0.0321 e. The van der Waals surface area contributed by atoms with Crippen molar-refractivity contribution in [3.05, 3.63) is 0 Å². The summed E-state index contributed by atoms with van der Waals surface area (Å²) in [5.41, 5.74) is 0.656. The number of hydrogen-bond donors (Lipinski definition) is 0. The summed E-state index contributed by atoms with van der Waals surface area (Å²) in [6.45, 7) is 9.81. The number of rotatable bonds is 2. The fourth-order valence-electron chi connectivity index (χ4n) is 4.70. The summed E-state index contributed by atoms with van der Waals surface area (Å²) < 4.78 is 0. The Labute approximate surface area is 88.5 Å². The molecule has 0 radical (unpaired) electrons. The topological polar surface area (TPSA) is 0 Å². The summed E-state index contributed by atoms with van der Waals surface area (Å²) in [5.74, 6) is 6.72. The SMILES string of the molecule is CCC1C2CC2C1C1CC(C)(C)C1C. The van der Waals surface area contributed by atoms with Gasteiger partial charge < -0.3 is 0 Å². The van der Waals surface area contributed by atoms with E-state index in [-0.39, 0.29) is 0 Å². The van der Waals surface area contributed by atoms with E-state index >= 15 is 0 Å². The first-order valence-electron chi connectivity index (χ1n) is 6.56. The van der Waals surface area contributed by atoms with Crippen LogP contribution in [0.15, 0.2) is 0 Å². The number of hydrogen-bond acceptors (Lipinski definition) is 0. The first-order valence-corrected chi connectivity index (χ1v) is 6.56. The van der Waals surface area contributed by atoms with E-state index in [0.717, 1.165) is 23.7 Å². The highest BCUT2D eigenvalue weighted by Crippen LogP contribution is 2.72. The molecule has 0 nitrogen and oxygen atoms in total. The molecule has 0 amide bonds. The second-order valence-electron chi connectivity index (χ2n) is 6.86. The lowest BCUT2D eigenvalue weighted by Gasteiger charge is -2.57. The first-order chi connectivity index (χ1) is 6.56. The predicted octanol–water partition coefficient (Wildman–Crippen LogP) is 3.96. The van der Waals surface area contributed by atoms with Crippen molar-refractivity contribution >= 4 is 0 Å². The monoisotopic (exact) mass is 192 g/mol. The molecule has 0 heteroatoms. The molecular weight excluding hydrogens is 168 g/mol. The van der Waals surface area contributed by atoms with Crippen LogP contribution in [-0.4, -0.2) is 0 Å². The molecule has 3 fully saturated rings. The Balaban J connectivity index is 1.68. The van der Waals surface area contributed by atoms with Crippen molar-refractivity contribution in [3.8, 4) is 0 Å². The van der Waals surface area contributed by atoms with Crippen LogP contribution in [0.3, 0.4) is 0 Å². The van der Waals surface area contributed by atoms with Crippen LogP contribution in [0.1, 0.15) is 47.0 Å². The van der Waals surface area contributed by atoms with Crippen LogP contribution in [0.25, 0.3) is 0 Å². The van der Waals surface area contributed by atoms with Crippen LogP contribution < -0.4 is 0 Å². The van der Waals surface area contributed by atoms with Crippen molar-refractivity contribution in [1.82, 2.24) is 0 Å². The number of fused-ring (bicyclic) bond motifs is 1. The van der Waals surface area contributed by atoms with E-state index < -0.39 is 0 Å². The quantitative estimate of drug-likeness (QED) is 0.621. The predicted molar refractivity (Wildman–Crippen MR) is 59.9 cm³/mol. The van der Waals surface area contributed by atoms with Crippen LogP contribution in [-0.2, 0) is 0 Å². The maximum Gasteiger partial charge on any atom is -0.0321 e. The van der Waals surface area contributed by atoms with Gasteiger partial charge in [0, 0.05) is 0 Å². The Morgan fingerprint density at radius 3 is 2.36 bits per heavy atom. The standard InChI is InChI=1S/C14H24/c1-5-9-10-6-11(10)13(9)12-7-14(3,4)8(12)2/h8-13H,5-7H2,1-4H3. The third-order valence-electron chi connectivity index (χ3n) is 6.03. The molecule has 0 spiro atoms. The minimum Gasteiger partial charge on any atom is -0.0651 e. The molecule has 0 aromatic heterocycles. The van der Waals surface area contributed by atoms with Gasteiger partial charge in [0.2, 0.25) is 0 Å². The van der Waals surface area contributed by atoms with Gasteiger partial charge in [-0.05, 0) is 53.8 Å². The van der Waals surface area contributed by atoms with E-state index in [2.05, 4.69) is 27.7 Å². The lowest BCUT2D eigenvalue weighted by Crippen LogP contribution is -2.51. The molecule has 0 bridgehead atoms. The normalized spacial score (nSPS) is 58.3. The van der Waals surface area contributed by atoms with Gasteiger partial charge in [0.1, 0.15) is 0 Å². The molecule has 3 saturated carbocycles. The average molecular weight is 192 g/mol. The van der Waals surface area contributed by atoms with Crippen molar-refractivity contribution < 1.29 is 0 Å². The Kier molecular flexibility index (Phi) is 1.70. The highest BCUT2D eigenvalue weighted by atomic mass is 14.7. The zero-order valence-electron chi connectivity index (χ0n) is 10.1. The Bertz CT molecular complexity index is 253. The van der Waals surface area contributed by atoms with Crippen LogP contribution >= 0.6 is 0 Å². The third kappa shape index (κ3) is 0.955. The minimum absolute atomic E-state index is 0.656. The van der Waals surface area contributed by atoms with Gasteiger partial charge in [-0.1, -0.05) is 34.1 Å². The molecule has 0 aliphatic heterocycles. The highest BCUT2D eigenvalue weighted by Gasteiger charge is 2.65. The van der Waals surface area contributed by atoms with E-state index in [1.165, 1.54) is 24.7 Å². The second-order valence-corrected chi connectivity index (χ2v) is 6.86. The van der Waals surface area contributed by atoms with Crippen molar-refractivity contribution in [2.75, 3.05) is 0 Å². The molecule has 0 N–H and O–H groups in total. The van der Waals surface area contributed by atoms with Crippen molar-refractivity contribution in [2.24, 2.45) is 40.9 Å². The van der Waals surface area contributed by atoms with Gasteiger partial charge in [-0.2, -0.15) is 0 Å². The van der Waals surface area contributed by atoms with Gasteiger partial charge in [-0.3, -0.25) is 0 Å². The highest BCUT2D eigenvalue weighted by molar-refractivity contribution is 5.13. The fraction of sp³-hybridized carbons (Fsp3) is 1.00. The van der Waals surface area contributed by atoms with Crippen molar-refractivity contribution in [3.63, 3.8) is 0 Å². The van der Waals surface area contributed by atoms with Gasteiger partial charge in [0.05, 0.1) is 0 Å². The van der Waals surface area contributed by atoms with Gasteiger partial charge in [-0.15, -0.1) is 0 Å². The molecule has 0 saturated heterocycles. The summed E-state index contributed by atoms with van der Waals surface area (Å²) in [7, 11) is 0. The van der Waals surface area contributed by atoms with Gasteiger partial charge in [0.25, 0.3) is 0 Å². The van der Waals surface area contributed by atoms with E-state index in [0.29, 0.717) is 5.41 Å². The van der Waals surface area contributed by atoms with Gasteiger partial charge in [-0.25, -0.2) is 0 Å². The summed E-state index contributed by atoms with van der Waals surface area (Å²) in [4.78, 5) is 0. The zero-order valence-corrected chi connectivity index (χ0v) is 10.1. The molecule has 14 heavy (non-hydrogen) atoms. The van der Waals surface area contributed by atoms with E-state index in [1.807, 2.05) is 0 Å². The Morgan fingerprint density at radius 2 is 1.86 bits per heavy atom. The first kappa shape index (κ1) is 9.24. The van der Waals surface area contributed by atoms with Crippen LogP contribution in [0.2, 0.25) is 0 Å². The molecule has 3 aliphatic carbocycles. The molecule has 0 heterocycles. The van der Waals surface area contributed by atoms with Gasteiger partial charge in [0.15, 0.2) is 0 Å². The van der Waals surface area contributed by atoms with Gasteiger partial charge >= 0.3 is 0 Å². The molecule has 3 rings (SSSR count). The lowest BCUT2D eigenvalue weighted by atomic mass is 9.48. The molecule has 6 unspecified atom stereocenters. The Morgan fingerprint density at radius 1 is 1.14 bits per heavy atom. The zero-order chi connectivity index (χ0) is 10.1. The summed E-state index contributed by atoms with van der Waals surface area (Å²) in [5, 5.41) is 0. The summed E-state index contributed by atoms with van der Waals surface area (Å²) in [6.07, 6.45) is 4.56. The average Bonchev–Trinajstić information content (AvgIpc) is 2.79. The molecule has 0 aromatic carbocycles. The summed E-state index contributed by atoms with van der Waals surface area (Å²) >= 11 is 0. The van der Waals surface area contributed by atoms with E-state index in [4.69, 9.17) is 0 Å². The second kappa shape index (κ2) is 2.57. The Hall–Kier alpha value is 0. The molecular formula is C14H24. The largest absolute Gasteiger partial charge is 0.0651 e. The minimum atomic E-state index is 0.656. The van der Waals surface area contributed by atoms with Crippen LogP contribution in [0.4, 0.5) is 0 Å². The molecule has 6 atom stereocenters. The molecule has 0 aromatic rings. The fourth-order valence-corrected chi connectivity index (χ4v) is 4.70. The third-order valence-corrected chi connectivity index (χ3v) is 6.03. The van der Waals surface area contributed by atoms with Crippen LogP contribution in [0, 0.1) is 40.9 Å². The lowest BCUT2D eigenvalue weighted by molar-refractivity contribution is -0.0877.